The molecule has 0 aliphatic carbocycles. The molecule has 1 unspecified atom stereocenters. The van der Waals surface area contributed by atoms with Gasteiger partial charge in [-0.15, -0.1) is 0 Å². The molecule has 2 nitrogen and oxygen atoms in total. The Morgan fingerprint density at radius 2 is 2.00 bits per heavy atom. The number of Topliss-reactive ketones (excluding diaryl/α,β-unsaturated/α-hetero) is 1. The molecule has 0 radical (unpaired) electrons. The molecular weight excluding hydrogens is 266 g/mol. The number of hydrogen-bond acceptors (Lipinski definition) is 2. The monoisotopic (exact) mass is 283 g/mol. The lowest BCUT2D eigenvalue weighted by Gasteiger charge is -2.04. The molecule has 16 heavy (non-hydrogen) atoms. The minimum Gasteiger partial charge on any atom is -0.328 e. The summed E-state index contributed by atoms with van der Waals surface area (Å²) in [6.45, 7) is 1.97. The van der Waals surface area contributed by atoms with Gasteiger partial charge in [-0.25, -0.2) is 0 Å². The van der Waals surface area contributed by atoms with Crippen LogP contribution in [0.25, 0.3) is 0 Å². The lowest BCUT2D eigenvalue weighted by Crippen LogP contribution is -2.15. The molecular formula is C13H18BrNO. The second kappa shape index (κ2) is 6.81. The number of carbonyl (C=O) groups is 1. The van der Waals surface area contributed by atoms with E-state index in [-0.39, 0.29) is 6.04 Å². The normalized spacial score (nSPS) is 12.4. The summed E-state index contributed by atoms with van der Waals surface area (Å²) in [4.78, 5) is 11.6. The van der Waals surface area contributed by atoms with Crippen molar-refractivity contribution < 1.29 is 4.79 Å². The van der Waals surface area contributed by atoms with E-state index < -0.39 is 0 Å². The predicted molar refractivity (Wildman–Crippen MR) is 70.4 cm³/mol. The zero-order valence-electron chi connectivity index (χ0n) is 9.58. The fourth-order valence-corrected chi connectivity index (χ4v) is 1.80. The van der Waals surface area contributed by atoms with Gasteiger partial charge < -0.3 is 5.73 Å². The van der Waals surface area contributed by atoms with Crippen LogP contribution in [0.5, 0.6) is 0 Å². The van der Waals surface area contributed by atoms with Crippen LogP contribution >= 0.6 is 15.9 Å². The minimum atomic E-state index is 0.195. The first-order chi connectivity index (χ1) is 7.58. The highest BCUT2D eigenvalue weighted by atomic mass is 79.9. The second-order valence-corrected chi connectivity index (χ2v) is 5.13. The Morgan fingerprint density at radius 1 is 1.38 bits per heavy atom. The van der Waals surface area contributed by atoms with Gasteiger partial charge in [0.25, 0.3) is 0 Å². The number of carbonyl (C=O) groups excluding carboxylic acids is 1. The molecule has 0 heterocycles. The van der Waals surface area contributed by atoms with Crippen LogP contribution in [-0.4, -0.2) is 11.8 Å². The summed E-state index contributed by atoms with van der Waals surface area (Å²) in [6, 6.07) is 8.08. The van der Waals surface area contributed by atoms with Gasteiger partial charge >= 0.3 is 0 Å². The largest absolute Gasteiger partial charge is 0.328 e. The van der Waals surface area contributed by atoms with E-state index in [9.17, 15) is 4.79 Å². The Balaban J connectivity index is 2.31. The van der Waals surface area contributed by atoms with E-state index in [1.807, 2.05) is 31.2 Å². The summed E-state index contributed by atoms with van der Waals surface area (Å²) >= 11 is 3.37. The Kier molecular flexibility index (Phi) is 5.71. The molecule has 0 saturated heterocycles. The fraction of sp³-hybridized carbons (Fsp3) is 0.462. The van der Waals surface area contributed by atoms with E-state index in [0.29, 0.717) is 18.6 Å². The van der Waals surface area contributed by atoms with Crippen molar-refractivity contribution in [1.82, 2.24) is 0 Å². The van der Waals surface area contributed by atoms with Crippen molar-refractivity contribution in [3.05, 3.63) is 34.3 Å². The molecule has 1 aromatic carbocycles. The van der Waals surface area contributed by atoms with Crippen molar-refractivity contribution in [2.75, 3.05) is 0 Å². The SMILES string of the molecule is CC(N)CCCC(=O)Cc1ccc(Br)cc1. The number of benzene rings is 1. The van der Waals surface area contributed by atoms with Gasteiger partial charge in [0, 0.05) is 23.4 Å². The maximum atomic E-state index is 11.6. The van der Waals surface area contributed by atoms with Crippen LogP contribution in [0.4, 0.5) is 0 Å². The highest BCUT2D eigenvalue weighted by Gasteiger charge is 2.04. The van der Waals surface area contributed by atoms with Crippen molar-refractivity contribution in [1.29, 1.82) is 0 Å². The van der Waals surface area contributed by atoms with Gasteiger partial charge in [0.2, 0.25) is 0 Å². The van der Waals surface area contributed by atoms with E-state index in [1.54, 1.807) is 0 Å². The Hall–Kier alpha value is -0.670. The molecule has 2 N–H and O–H groups in total. The highest BCUT2D eigenvalue weighted by Crippen LogP contribution is 2.12. The van der Waals surface area contributed by atoms with Crippen LogP contribution < -0.4 is 5.73 Å². The second-order valence-electron chi connectivity index (χ2n) is 4.21. The quantitative estimate of drug-likeness (QED) is 0.872. The first-order valence-corrected chi connectivity index (χ1v) is 6.39. The Bertz CT molecular complexity index is 332. The van der Waals surface area contributed by atoms with Gasteiger partial charge in [0.1, 0.15) is 5.78 Å². The summed E-state index contributed by atoms with van der Waals surface area (Å²) in [6.07, 6.45) is 2.99. The summed E-state index contributed by atoms with van der Waals surface area (Å²) in [7, 11) is 0. The van der Waals surface area contributed by atoms with E-state index in [2.05, 4.69) is 15.9 Å². The van der Waals surface area contributed by atoms with Crippen LogP contribution in [0.15, 0.2) is 28.7 Å². The van der Waals surface area contributed by atoms with Crippen LogP contribution in [0.3, 0.4) is 0 Å². The van der Waals surface area contributed by atoms with Gasteiger partial charge in [-0.2, -0.15) is 0 Å². The van der Waals surface area contributed by atoms with Crippen LogP contribution in [0, 0.1) is 0 Å². The topological polar surface area (TPSA) is 43.1 Å². The molecule has 1 rings (SSSR count). The highest BCUT2D eigenvalue weighted by molar-refractivity contribution is 9.10. The van der Waals surface area contributed by atoms with E-state index >= 15 is 0 Å². The summed E-state index contributed by atoms with van der Waals surface area (Å²) < 4.78 is 1.04. The first-order valence-electron chi connectivity index (χ1n) is 5.59. The molecule has 1 atom stereocenters. The van der Waals surface area contributed by atoms with Crippen LogP contribution in [0.1, 0.15) is 31.7 Å². The third-order valence-electron chi connectivity index (χ3n) is 2.43. The molecule has 0 aliphatic heterocycles. The molecule has 0 amide bonds. The first kappa shape index (κ1) is 13.4. The Labute approximate surface area is 105 Å². The molecule has 0 spiro atoms. The number of hydrogen-bond donors (Lipinski definition) is 1. The van der Waals surface area contributed by atoms with Crippen molar-refractivity contribution in [3.63, 3.8) is 0 Å². The minimum absolute atomic E-state index is 0.195. The van der Waals surface area contributed by atoms with Gasteiger partial charge in [0.05, 0.1) is 0 Å². The predicted octanol–water partition coefficient (Wildman–Crippen LogP) is 3.08. The number of rotatable bonds is 6. The molecule has 0 saturated carbocycles. The summed E-state index contributed by atoms with van der Waals surface area (Å²) in [5.41, 5.74) is 6.71. The molecule has 0 bridgehead atoms. The standard InChI is InChI=1S/C13H18BrNO/c1-10(15)3-2-4-13(16)9-11-5-7-12(14)8-6-11/h5-8,10H,2-4,9,15H2,1H3. The average Bonchev–Trinajstić information content (AvgIpc) is 2.21. The maximum absolute atomic E-state index is 11.6. The molecule has 1 aromatic rings. The van der Waals surface area contributed by atoms with Crippen molar-refractivity contribution in [2.45, 2.75) is 38.6 Å². The zero-order chi connectivity index (χ0) is 12.0. The smallest absolute Gasteiger partial charge is 0.137 e. The van der Waals surface area contributed by atoms with Gasteiger partial charge in [-0.1, -0.05) is 28.1 Å². The van der Waals surface area contributed by atoms with E-state index in [0.717, 1.165) is 22.9 Å². The molecule has 0 fully saturated rings. The molecule has 0 aromatic heterocycles. The maximum Gasteiger partial charge on any atom is 0.137 e. The summed E-state index contributed by atoms with van der Waals surface area (Å²) in [5.74, 6) is 0.294. The van der Waals surface area contributed by atoms with Gasteiger partial charge in [-0.3, -0.25) is 4.79 Å². The lowest BCUT2D eigenvalue weighted by molar-refractivity contribution is -0.118. The van der Waals surface area contributed by atoms with Crippen molar-refractivity contribution >= 4 is 21.7 Å². The third-order valence-corrected chi connectivity index (χ3v) is 2.96. The zero-order valence-corrected chi connectivity index (χ0v) is 11.2. The molecule has 0 aliphatic rings. The average molecular weight is 284 g/mol. The fourth-order valence-electron chi connectivity index (χ4n) is 1.54. The third kappa shape index (κ3) is 5.42. The number of ketones is 1. The van der Waals surface area contributed by atoms with Crippen molar-refractivity contribution in [3.8, 4) is 0 Å². The summed E-state index contributed by atoms with van der Waals surface area (Å²) in [5, 5.41) is 0. The van der Waals surface area contributed by atoms with E-state index in [4.69, 9.17) is 5.73 Å². The van der Waals surface area contributed by atoms with Crippen molar-refractivity contribution in [2.24, 2.45) is 5.73 Å². The van der Waals surface area contributed by atoms with E-state index in [1.165, 1.54) is 0 Å². The van der Waals surface area contributed by atoms with Gasteiger partial charge in [-0.05, 0) is 37.5 Å². The van der Waals surface area contributed by atoms with Gasteiger partial charge in [0.15, 0.2) is 0 Å². The number of nitrogens with two attached hydrogens (primary N) is 1. The lowest BCUT2D eigenvalue weighted by atomic mass is 10.0. The molecule has 3 heteroatoms. The van der Waals surface area contributed by atoms with Crippen LogP contribution in [-0.2, 0) is 11.2 Å². The Morgan fingerprint density at radius 3 is 2.56 bits per heavy atom. The van der Waals surface area contributed by atoms with Crippen LogP contribution in [0.2, 0.25) is 0 Å². The number of halogens is 1. The molecule has 88 valence electrons.